The molecule has 1 aromatic carbocycles. The van der Waals surface area contributed by atoms with Crippen LogP contribution in [0.3, 0.4) is 0 Å². The number of carbonyl (C=O) groups is 1. The molecule has 0 aliphatic carbocycles. The molecule has 0 bridgehead atoms. The Morgan fingerprint density at radius 2 is 1.88 bits per heavy atom. The first-order chi connectivity index (χ1) is 12.2. The average molecular weight is 383 g/mol. The van der Waals surface area contributed by atoms with E-state index >= 15 is 0 Å². The molecule has 3 N–H and O–H groups in total. The van der Waals surface area contributed by atoms with E-state index in [0.717, 1.165) is 19.6 Å². The van der Waals surface area contributed by atoms with Crippen molar-refractivity contribution in [3.05, 3.63) is 24.3 Å². The van der Waals surface area contributed by atoms with Crippen LogP contribution < -0.4 is 11.1 Å². The fraction of sp³-hybridized carbons (Fsp3) is 0.611. The van der Waals surface area contributed by atoms with Crippen molar-refractivity contribution in [3.63, 3.8) is 0 Å². The van der Waals surface area contributed by atoms with Crippen LogP contribution in [-0.4, -0.2) is 62.3 Å². The molecule has 0 unspecified atom stereocenters. The number of benzene rings is 1. The van der Waals surface area contributed by atoms with E-state index in [4.69, 9.17) is 5.73 Å². The van der Waals surface area contributed by atoms with Crippen molar-refractivity contribution in [2.24, 2.45) is 11.7 Å². The maximum Gasteiger partial charge on any atom is 0.243 e. The third-order valence-electron chi connectivity index (χ3n) is 4.58. The second-order valence-electron chi connectivity index (χ2n) is 7.09. The van der Waals surface area contributed by atoms with Crippen LogP contribution in [0.15, 0.2) is 29.2 Å². The van der Waals surface area contributed by atoms with Gasteiger partial charge < -0.3 is 16.0 Å². The van der Waals surface area contributed by atoms with E-state index in [2.05, 4.69) is 17.1 Å². The van der Waals surface area contributed by atoms with Crippen molar-refractivity contribution in [1.29, 1.82) is 0 Å². The Morgan fingerprint density at radius 3 is 2.46 bits per heavy atom. The first kappa shape index (κ1) is 20.8. The monoisotopic (exact) mass is 382 g/mol. The molecule has 0 aromatic heterocycles. The predicted molar refractivity (Wildman–Crippen MR) is 103 cm³/mol. The van der Waals surface area contributed by atoms with Crippen LogP contribution in [0.1, 0.15) is 27.2 Å². The molecule has 26 heavy (non-hydrogen) atoms. The Balaban J connectivity index is 2.09. The highest BCUT2D eigenvalue weighted by molar-refractivity contribution is 7.89. The molecule has 8 heteroatoms. The number of hydrogen-bond donors (Lipinski definition) is 2. The lowest BCUT2D eigenvalue weighted by Crippen LogP contribution is -2.48. The molecule has 1 fully saturated rings. The minimum atomic E-state index is -3.57. The zero-order valence-corrected chi connectivity index (χ0v) is 16.6. The molecule has 1 amide bonds. The molecule has 1 atom stereocenters. The van der Waals surface area contributed by atoms with Gasteiger partial charge in [-0.1, -0.05) is 26.8 Å². The number of sulfonamides is 1. The Kier molecular flexibility index (Phi) is 7.16. The average Bonchev–Trinajstić information content (AvgIpc) is 2.61. The number of amides is 1. The van der Waals surface area contributed by atoms with Gasteiger partial charge in [-0.15, -0.1) is 0 Å². The number of nitrogens with zero attached hydrogens (tertiary/aromatic N) is 2. The van der Waals surface area contributed by atoms with Crippen molar-refractivity contribution in [2.45, 2.75) is 38.1 Å². The molecule has 2 rings (SSSR count). The highest BCUT2D eigenvalue weighted by Crippen LogP contribution is 2.21. The molecule has 0 spiro atoms. The molecule has 7 nitrogen and oxygen atoms in total. The van der Waals surface area contributed by atoms with Gasteiger partial charge in [-0.25, -0.2) is 8.42 Å². The van der Waals surface area contributed by atoms with Gasteiger partial charge >= 0.3 is 0 Å². The lowest BCUT2D eigenvalue weighted by Gasteiger charge is -2.33. The van der Waals surface area contributed by atoms with Gasteiger partial charge in [-0.05, 0) is 37.1 Å². The van der Waals surface area contributed by atoms with Crippen molar-refractivity contribution < 1.29 is 13.2 Å². The largest absolute Gasteiger partial charge is 0.325 e. The molecule has 0 radical (unpaired) electrons. The topological polar surface area (TPSA) is 95.7 Å². The van der Waals surface area contributed by atoms with E-state index in [9.17, 15) is 13.2 Å². The summed E-state index contributed by atoms with van der Waals surface area (Å²) in [6.07, 6.45) is 0.575. The smallest absolute Gasteiger partial charge is 0.243 e. The van der Waals surface area contributed by atoms with Crippen LogP contribution in [0.4, 0.5) is 5.69 Å². The number of nitrogens with one attached hydrogen (secondary N) is 1. The molecule has 0 saturated carbocycles. The fourth-order valence-electron chi connectivity index (χ4n) is 3.02. The van der Waals surface area contributed by atoms with Crippen LogP contribution in [-0.2, 0) is 14.8 Å². The Hall–Kier alpha value is -1.48. The summed E-state index contributed by atoms with van der Waals surface area (Å²) in [6, 6.07) is 5.76. The van der Waals surface area contributed by atoms with Crippen LogP contribution in [0, 0.1) is 5.92 Å². The molecule has 1 aromatic rings. The minimum Gasteiger partial charge on any atom is -0.325 e. The molecule has 1 aliphatic rings. The van der Waals surface area contributed by atoms with E-state index in [-0.39, 0.29) is 10.8 Å². The lowest BCUT2D eigenvalue weighted by atomic mass is 10.0. The van der Waals surface area contributed by atoms with Gasteiger partial charge in [0.1, 0.15) is 0 Å². The predicted octanol–water partition coefficient (Wildman–Crippen LogP) is 1.32. The van der Waals surface area contributed by atoms with Crippen LogP contribution >= 0.6 is 0 Å². The normalized spacial score (nSPS) is 18.0. The molecule has 1 heterocycles. The molecule has 146 valence electrons. The second-order valence-corrected chi connectivity index (χ2v) is 9.03. The SMILES string of the molecule is CCN1CCN(S(=O)(=O)c2cccc(NC(=O)[C@@H](N)CC(C)C)c2)CC1. The summed E-state index contributed by atoms with van der Waals surface area (Å²) in [7, 11) is -3.57. The summed E-state index contributed by atoms with van der Waals surface area (Å²) in [5, 5.41) is 2.72. The standard InChI is InChI=1S/C18H30N4O3S/c1-4-21-8-10-22(11-9-21)26(24,25)16-7-5-6-15(13-16)20-18(23)17(19)12-14(2)3/h5-7,13-14,17H,4,8-12,19H2,1-3H3,(H,20,23)/t17-/m0/s1. The number of carbonyl (C=O) groups excluding carboxylic acids is 1. The zero-order chi connectivity index (χ0) is 19.3. The maximum atomic E-state index is 12.9. The van der Waals surface area contributed by atoms with Crippen LogP contribution in [0.5, 0.6) is 0 Å². The zero-order valence-electron chi connectivity index (χ0n) is 15.8. The van der Waals surface area contributed by atoms with E-state index in [1.54, 1.807) is 18.2 Å². The first-order valence-electron chi connectivity index (χ1n) is 9.13. The van der Waals surface area contributed by atoms with Crippen molar-refractivity contribution in [1.82, 2.24) is 9.21 Å². The number of nitrogens with two attached hydrogens (primary N) is 1. The van der Waals surface area contributed by atoms with Gasteiger partial charge in [-0.3, -0.25) is 4.79 Å². The summed E-state index contributed by atoms with van der Waals surface area (Å²) in [5.41, 5.74) is 6.34. The number of likely N-dealkylation sites (N-methyl/N-ethyl adjacent to an activating group) is 1. The van der Waals surface area contributed by atoms with Gasteiger partial charge in [0, 0.05) is 31.9 Å². The van der Waals surface area contributed by atoms with Crippen LogP contribution in [0.2, 0.25) is 0 Å². The second kappa shape index (κ2) is 8.94. The summed E-state index contributed by atoms with van der Waals surface area (Å²) in [6.45, 7) is 9.41. The molecular formula is C18H30N4O3S. The highest BCUT2D eigenvalue weighted by atomic mass is 32.2. The third kappa shape index (κ3) is 5.26. The molecule has 1 aliphatic heterocycles. The van der Waals surface area contributed by atoms with Gasteiger partial charge in [0.15, 0.2) is 0 Å². The quantitative estimate of drug-likeness (QED) is 0.742. The van der Waals surface area contributed by atoms with E-state index < -0.39 is 16.1 Å². The maximum absolute atomic E-state index is 12.9. The number of piperazine rings is 1. The molecule has 1 saturated heterocycles. The number of hydrogen-bond acceptors (Lipinski definition) is 5. The number of anilines is 1. The summed E-state index contributed by atoms with van der Waals surface area (Å²) >= 11 is 0. The van der Waals surface area contributed by atoms with E-state index in [1.807, 2.05) is 13.8 Å². The Bertz CT molecular complexity index is 713. The van der Waals surface area contributed by atoms with Crippen molar-refractivity contribution in [3.8, 4) is 0 Å². The summed E-state index contributed by atoms with van der Waals surface area (Å²) < 4.78 is 27.2. The van der Waals surface area contributed by atoms with Gasteiger partial charge in [-0.2, -0.15) is 4.31 Å². The van der Waals surface area contributed by atoms with Crippen LogP contribution in [0.25, 0.3) is 0 Å². The first-order valence-corrected chi connectivity index (χ1v) is 10.6. The minimum absolute atomic E-state index is 0.192. The van der Waals surface area contributed by atoms with Gasteiger partial charge in [0.05, 0.1) is 10.9 Å². The third-order valence-corrected chi connectivity index (χ3v) is 6.47. The Morgan fingerprint density at radius 1 is 1.23 bits per heavy atom. The van der Waals surface area contributed by atoms with Gasteiger partial charge in [0.2, 0.25) is 15.9 Å². The highest BCUT2D eigenvalue weighted by Gasteiger charge is 2.28. The van der Waals surface area contributed by atoms with E-state index in [1.165, 1.54) is 10.4 Å². The fourth-order valence-corrected chi connectivity index (χ4v) is 4.49. The number of rotatable bonds is 7. The van der Waals surface area contributed by atoms with Crippen molar-refractivity contribution >= 4 is 21.6 Å². The van der Waals surface area contributed by atoms with E-state index in [0.29, 0.717) is 31.1 Å². The summed E-state index contributed by atoms with van der Waals surface area (Å²) in [5.74, 6) is 0.00839. The molecular weight excluding hydrogens is 352 g/mol. The van der Waals surface area contributed by atoms with Gasteiger partial charge in [0.25, 0.3) is 0 Å². The van der Waals surface area contributed by atoms with Crippen molar-refractivity contribution in [2.75, 3.05) is 38.0 Å². The Labute approximate surface area is 156 Å². The summed E-state index contributed by atoms with van der Waals surface area (Å²) in [4.78, 5) is 14.6. The lowest BCUT2D eigenvalue weighted by molar-refractivity contribution is -0.117.